The van der Waals surface area contributed by atoms with Crippen molar-refractivity contribution in [2.24, 2.45) is 7.05 Å². The highest BCUT2D eigenvalue weighted by atomic mass is 16.6. The van der Waals surface area contributed by atoms with E-state index in [1.807, 2.05) is 0 Å². The van der Waals surface area contributed by atoms with Crippen molar-refractivity contribution in [1.82, 2.24) is 14.5 Å². The van der Waals surface area contributed by atoms with Crippen LogP contribution in [0.25, 0.3) is 0 Å². The summed E-state index contributed by atoms with van der Waals surface area (Å²) < 4.78 is 6.07. The van der Waals surface area contributed by atoms with Crippen LogP contribution < -0.4 is 0 Å². The Labute approximate surface area is 103 Å². The average molecular weight is 258 g/mol. The number of nitro groups is 1. The molecule has 9 heteroatoms. The lowest BCUT2D eigenvalue weighted by Crippen LogP contribution is -2.23. The minimum atomic E-state index is -0.670. The van der Waals surface area contributed by atoms with Crippen molar-refractivity contribution < 1.29 is 19.6 Å². The van der Waals surface area contributed by atoms with Crippen LogP contribution in [0.1, 0.15) is 11.4 Å². The van der Waals surface area contributed by atoms with E-state index in [-0.39, 0.29) is 12.3 Å². The maximum atomic E-state index is 11.2. The quantitative estimate of drug-likeness (QED) is 0.602. The fourth-order valence-electron chi connectivity index (χ4n) is 1.30. The zero-order chi connectivity index (χ0) is 13.9. The van der Waals surface area contributed by atoms with Gasteiger partial charge < -0.3 is 24.9 Å². The number of hydrogen-bond acceptors (Lipinski definition) is 6. The largest absolute Gasteiger partial charge is 0.441 e. The summed E-state index contributed by atoms with van der Waals surface area (Å²) in [7, 11) is 4.45. The van der Waals surface area contributed by atoms with Crippen LogP contribution in [0, 0.1) is 10.1 Å². The van der Waals surface area contributed by atoms with Crippen LogP contribution in [0.4, 0.5) is 10.7 Å². The molecule has 100 valence electrons. The molecule has 1 heterocycles. The number of amides is 1. The summed E-state index contributed by atoms with van der Waals surface area (Å²) >= 11 is 0. The van der Waals surface area contributed by atoms with Crippen molar-refractivity contribution >= 4 is 12.0 Å². The normalized spacial score (nSPS) is 10.2. The number of hydrogen-bond donors (Lipinski definition) is 1. The van der Waals surface area contributed by atoms with Crippen molar-refractivity contribution in [1.29, 1.82) is 0 Å². The molecule has 0 spiro atoms. The SMILES string of the molecule is CN(C)C(=O)OCc1c(CO)nc([N+](=O)[O-])n1C. The molecule has 0 aromatic carbocycles. The zero-order valence-corrected chi connectivity index (χ0v) is 10.3. The number of aliphatic hydroxyl groups is 1. The van der Waals surface area contributed by atoms with Crippen LogP contribution in [0.2, 0.25) is 0 Å². The summed E-state index contributed by atoms with van der Waals surface area (Å²) in [5.41, 5.74) is 0.412. The fraction of sp³-hybridized carbons (Fsp3) is 0.556. The van der Waals surface area contributed by atoms with Gasteiger partial charge in [-0.1, -0.05) is 4.98 Å². The van der Waals surface area contributed by atoms with Gasteiger partial charge in [0.05, 0.1) is 7.05 Å². The van der Waals surface area contributed by atoms with E-state index in [4.69, 9.17) is 9.84 Å². The third kappa shape index (κ3) is 2.74. The van der Waals surface area contributed by atoms with E-state index in [1.165, 1.54) is 30.6 Å². The molecule has 9 nitrogen and oxygen atoms in total. The minimum absolute atomic E-state index is 0.121. The lowest BCUT2D eigenvalue weighted by Gasteiger charge is -2.10. The molecule has 0 aliphatic carbocycles. The molecule has 1 amide bonds. The van der Waals surface area contributed by atoms with Gasteiger partial charge in [-0.2, -0.15) is 0 Å². The van der Waals surface area contributed by atoms with Gasteiger partial charge in [0.1, 0.15) is 6.61 Å². The molecule has 1 aromatic heterocycles. The Morgan fingerprint density at radius 3 is 2.67 bits per heavy atom. The molecule has 0 aliphatic rings. The van der Waals surface area contributed by atoms with Crippen LogP contribution in [0.15, 0.2) is 0 Å². The summed E-state index contributed by atoms with van der Waals surface area (Å²) in [5.74, 6) is -0.407. The van der Waals surface area contributed by atoms with Gasteiger partial charge >= 0.3 is 12.0 Å². The average Bonchev–Trinajstić information content (AvgIpc) is 2.62. The number of nitrogens with zero attached hydrogens (tertiary/aromatic N) is 4. The number of aromatic nitrogens is 2. The maximum Gasteiger partial charge on any atom is 0.435 e. The van der Waals surface area contributed by atoms with Crippen LogP contribution in [-0.2, 0) is 25.0 Å². The van der Waals surface area contributed by atoms with Crippen LogP contribution >= 0.6 is 0 Å². The molecule has 0 atom stereocenters. The number of aliphatic hydroxyl groups excluding tert-OH is 1. The molecule has 0 aliphatic heterocycles. The van der Waals surface area contributed by atoms with Crippen molar-refractivity contribution in [3.63, 3.8) is 0 Å². The van der Waals surface area contributed by atoms with E-state index in [0.717, 1.165) is 0 Å². The molecule has 0 bridgehead atoms. The first-order chi connectivity index (χ1) is 8.38. The van der Waals surface area contributed by atoms with Gasteiger partial charge in [-0.25, -0.2) is 9.36 Å². The molecule has 0 unspecified atom stereocenters. The fourth-order valence-corrected chi connectivity index (χ4v) is 1.30. The van der Waals surface area contributed by atoms with Gasteiger partial charge in [-0.05, 0) is 4.92 Å². The molecular weight excluding hydrogens is 244 g/mol. The molecule has 1 N–H and O–H groups in total. The van der Waals surface area contributed by atoms with Crippen LogP contribution in [0.3, 0.4) is 0 Å². The van der Waals surface area contributed by atoms with Gasteiger partial charge in [0.15, 0.2) is 18.0 Å². The van der Waals surface area contributed by atoms with Crippen molar-refractivity contribution in [3.8, 4) is 0 Å². The maximum absolute atomic E-state index is 11.2. The van der Waals surface area contributed by atoms with Gasteiger partial charge in [0, 0.05) is 14.1 Å². The van der Waals surface area contributed by atoms with E-state index in [0.29, 0.717) is 5.69 Å². The topological polar surface area (TPSA) is 111 Å². The molecule has 0 saturated carbocycles. The third-order valence-corrected chi connectivity index (χ3v) is 2.28. The Hall–Kier alpha value is -2.16. The first-order valence-corrected chi connectivity index (χ1v) is 5.02. The number of ether oxygens (including phenoxy) is 1. The van der Waals surface area contributed by atoms with E-state index in [1.54, 1.807) is 0 Å². The zero-order valence-electron chi connectivity index (χ0n) is 10.3. The van der Waals surface area contributed by atoms with Gasteiger partial charge in [0.25, 0.3) is 0 Å². The molecule has 18 heavy (non-hydrogen) atoms. The number of carbonyl (C=O) groups is 1. The van der Waals surface area contributed by atoms with Crippen molar-refractivity contribution in [2.75, 3.05) is 14.1 Å². The van der Waals surface area contributed by atoms with E-state index < -0.39 is 23.6 Å². The Morgan fingerprint density at radius 1 is 1.61 bits per heavy atom. The van der Waals surface area contributed by atoms with E-state index in [9.17, 15) is 14.9 Å². The molecule has 0 fully saturated rings. The van der Waals surface area contributed by atoms with Crippen molar-refractivity contribution in [3.05, 3.63) is 21.5 Å². The van der Waals surface area contributed by atoms with E-state index in [2.05, 4.69) is 4.98 Å². The monoisotopic (exact) mass is 258 g/mol. The Morgan fingerprint density at radius 2 is 2.22 bits per heavy atom. The highest BCUT2D eigenvalue weighted by Gasteiger charge is 2.25. The Kier molecular flexibility index (Phi) is 4.21. The highest BCUT2D eigenvalue weighted by Crippen LogP contribution is 2.17. The van der Waals surface area contributed by atoms with Gasteiger partial charge in [0.2, 0.25) is 0 Å². The Balaban J connectivity index is 2.94. The smallest absolute Gasteiger partial charge is 0.435 e. The second-order valence-corrected chi connectivity index (χ2v) is 3.73. The summed E-state index contributed by atoms with van der Waals surface area (Å²) in [6.07, 6.45) is -0.581. The second-order valence-electron chi connectivity index (χ2n) is 3.73. The second kappa shape index (κ2) is 5.45. The lowest BCUT2D eigenvalue weighted by molar-refractivity contribution is -0.396. The molecule has 0 radical (unpaired) electrons. The van der Waals surface area contributed by atoms with Crippen LogP contribution in [0.5, 0.6) is 0 Å². The summed E-state index contributed by atoms with van der Waals surface area (Å²) in [4.78, 5) is 26.1. The number of carbonyl (C=O) groups excluding carboxylic acids is 1. The van der Waals surface area contributed by atoms with Crippen molar-refractivity contribution in [2.45, 2.75) is 13.2 Å². The molecule has 1 rings (SSSR count). The molecule has 0 saturated heterocycles. The van der Waals surface area contributed by atoms with Gasteiger partial charge in [-0.3, -0.25) is 0 Å². The third-order valence-electron chi connectivity index (χ3n) is 2.28. The Bertz CT molecular complexity index is 468. The molecule has 1 aromatic rings. The van der Waals surface area contributed by atoms with Gasteiger partial charge in [-0.15, -0.1) is 0 Å². The summed E-state index contributed by atoms with van der Waals surface area (Å²) in [5, 5.41) is 19.7. The first kappa shape index (κ1) is 13.9. The molecular formula is C9H14N4O5. The predicted molar refractivity (Wildman–Crippen MR) is 59.7 cm³/mol. The lowest BCUT2D eigenvalue weighted by atomic mass is 10.3. The summed E-state index contributed by atoms with van der Waals surface area (Å²) in [6, 6.07) is 0. The van der Waals surface area contributed by atoms with E-state index >= 15 is 0 Å². The number of rotatable bonds is 4. The standard InChI is InChI=1S/C9H14N4O5/c1-11(2)9(15)18-5-7-6(4-14)10-8(12(7)3)13(16)17/h14H,4-5H2,1-3H3. The van der Waals surface area contributed by atoms with Crippen LogP contribution in [-0.4, -0.2) is 44.7 Å². The summed E-state index contributed by atoms with van der Waals surface area (Å²) in [6.45, 7) is -0.652. The minimum Gasteiger partial charge on any atom is -0.441 e. The highest BCUT2D eigenvalue weighted by molar-refractivity contribution is 5.66. The predicted octanol–water partition coefficient (Wildman–Crippen LogP) is 0.0188. The number of imidazole rings is 1. The first-order valence-electron chi connectivity index (χ1n) is 5.02.